The highest BCUT2D eigenvalue weighted by atomic mass is 16.5. The molecule has 0 N–H and O–H groups in total. The Balaban J connectivity index is 1.56. The first-order valence-electron chi connectivity index (χ1n) is 11.0. The van der Waals surface area contributed by atoms with Gasteiger partial charge in [-0.2, -0.15) is 0 Å². The highest BCUT2D eigenvalue weighted by molar-refractivity contribution is 5.64. The van der Waals surface area contributed by atoms with Crippen LogP contribution in [0, 0.1) is 11.8 Å². The molecule has 1 aliphatic carbocycles. The lowest BCUT2D eigenvalue weighted by molar-refractivity contribution is 0.273. The summed E-state index contributed by atoms with van der Waals surface area (Å²) < 4.78 is 5.68. The molecule has 2 aromatic rings. The van der Waals surface area contributed by atoms with Crippen LogP contribution in [0.4, 0.5) is 0 Å². The molecule has 146 valence electrons. The minimum atomic E-state index is 0.761. The third-order valence-corrected chi connectivity index (χ3v) is 6.32. The lowest BCUT2D eigenvalue weighted by atomic mass is 9.75. The van der Waals surface area contributed by atoms with Crippen molar-refractivity contribution in [2.45, 2.75) is 71.6 Å². The zero-order valence-electron chi connectivity index (χ0n) is 17.4. The van der Waals surface area contributed by atoms with Gasteiger partial charge in [0.15, 0.2) is 0 Å². The first-order valence-corrected chi connectivity index (χ1v) is 11.0. The van der Waals surface area contributed by atoms with Gasteiger partial charge in [0.25, 0.3) is 0 Å². The summed E-state index contributed by atoms with van der Waals surface area (Å²) in [7, 11) is 0. The quantitative estimate of drug-likeness (QED) is 0.463. The van der Waals surface area contributed by atoms with E-state index >= 15 is 0 Å². The fourth-order valence-corrected chi connectivity index (χ4v) is 4.38. The van der Waals surface area contributed by atoms with E-state index in [0.29, 0.717) is 0 Å². The summed E-state index contributed by atoms with van der Waals surface area (Å²) in [4.78, 5) is 0. The standard InChI is InChI=1S/C26H36O/c1-4-18-27-26-16-14-25(15-17-26)24-12-10-23(11-13-24)22-8-6-21(7-9-22)19-20(3)5-2/h10-17,20-22H,4-9,18-19H2,1-3H3. The van der Waals surface area contributed by atoms with Crippen molar-refractivity contribution in [2.75, 3.05) is 6.61 Å². The van der Waals surface area contributed by atoms with Crippen molar-refractivity contribution in [3.63, 3.8) is 0 Å². The Kier molecular flexibility index (Phi) is 7.38. The molecule has 1 fully saturated rings. The Bertz CT molecular complexity index is 662. The molecule has 0 radical (unpaired) electrons. The maximum atomic E-state index is 5.68. The number of hydrogen-bond acceptors (Lipinski definition) is 1. The van der Waals surface area contributed by atoms with Gasteiger partial charge in [-0.3, -0.25) is 0 Å². The normalized spacial score (nSPS) is 21.0. The van der Waals surface area contributed by atoms with Gasteiger partial charge in [0, 0.05) is 0 Å². The van der Waals surface area contributed by atoms with E-state index in [0.717, 1.165) is 36.5 Å². The van der Waals surface area contributed by atoms with Crippen molar-refractivity contribution >= 4 is 0 Å². The van der Waals surface area contributed by atoms with Crippen LogP contribution in [-0.4, -0.2) is 6.61 Å². The number of ether oxygens (including phenoxy) is 1. The van der Waals surface area contributed by atoms with Crippen molar-refractivity contribution < 1.29 is 4.74 Å². The maximum absolute atomic E-state index is 5.68. The van der Waals surface area contributed by atoms with Gasteiger partial charge in [-0.1, -0.05) is 63.6 Å². The summed E-state index contributed by atoms with van der Waals surface area (Å²) in [6.07, 6.45) is 9.36. The summed E-state index contributed by atoms with van der Waals surface area (Å²) >= 11 is 0. The molecule has 1 saturated carbocycles. The lowest BCUT2D eigenvalue weighted by Gasteiger charge is -2.30. The largest absolute Gasteiger partial charge is 0.494 e. The molecular weight excluding hydrogens is 328 g/mol. The Morgan fingerprint density at radius 3 is 2.00 bits per heavy atom. The third kappa shape index (κ3) is 5.61. The van der Waals surface area contributed by atoms with Crippen LogP contribution in [0.1, 0.15) is 77.2 Å². The fourth-order valence-electron chi connectivity index (χ4n) is 4.38. The van der Waals surface area contributed by atoms with Gasteiger partial charge in [-0.05, 0) is 85.1 Å². The van der Waals surface area contributed by atoms with Gasteiger partial charge in [0.2, 0.25) is 0 Å². The van der Waals surface area contributed by atoms with Gasteiger partial charge in [0.05, 0.1) is 6.61 Å². The molecule has 1 heteroatoms. The molecule has 0 heterocycles. The van der Waals surface area contributed by atoms with Crippen molar-refractivity contribution in [3.05, 3.63) is 54.1 Å². The predicted octanol–water partition coefficient (Wildman–Crippen LogP) is 7.85. The van der Waals surface area contributed by atoms with Crippen LogP contribution in [0.2, 0.25) is 0 Å². The average molecular weight is 365 g/mol. The molecule has 0 saturated heterocycles. The second-order valence-corrected chi connectivity index (χ2v) is 8.46. The van der Waals surface area contributed by atoms with Gasteiger partial charge in [-0.25, -0.2) is 0 Å². The lowest BCUT2D eigenvalue weighted by Crippen LogP contribution is -2.15. The zero-order chi connectivity index (χ0) is 19.1. The maximum Gasteiger partial charge on any atom is 0.119 e. The summed E-state index contributed by atoms with van der Waals surface area (Å²) in [5, 5.41) is 0. The van der Waals surface area contributed by atoms with E-state index < -0.39 is 0 Å². The monoisotopic (exact) mass is 364 g/mol. The molecular formula is C26H36O. The fraction of sp³-hybridized carbons (Fsp3) is 0.538. The average Bonchev–Trinajstić information content (AvgIpc) is 2.73. The topological polar surface area (TPSA) is 9.23 Å². The van der Waals surface area contributed by atoms with E-state index in [-0.39, 0.29) is 0 Å². The summed E-state index contributed by atoms with van der Waals surface area (Å²) in [6, 6.07) is 17.8. The summed E-state index contributed by atoms with van der Waals surface area (Å²) in [5.74, 6) is 3.58. The molecule has 3 rings (SSSR count). The van der Waals surface area contributed by atoms with Crippen LogP contribution in [0.25, 0.3) is 11.1 Å². The van der Waals surface area contributed by atoms with E-state index in [1.54, 1.807) is 0 Å². The highest BCUT2D eigenvalue weighted by Gasteiger charge is 2.23. The van der Waals surface area contributed by atoms with Gasteiger partial charge in [0.1, 0.15) is 5.75 Å². The van der Waals surface area contributed by atoms with Crippen molar-refractivity contribution in [1.82, 2.24) is 0 Å². The van der Waals surface area contributed by atoms with Crippen LogP contribution in [-0.2, 0) is 0 Å². The smallest absolute Gasteiger partial charge is 0.119 e. The minimum Gasteiger partial charge on any atom is -0.494 e. The van der Waals surface area contributed by atoms with Gasteiger partial charge < -0.3 is 4.74 Å². The Morgan fingerprint density at radius 1 is 0.852 bits per heavy atom. The number of rotatable bonds is 8. The molecule has 0 amide bonds. The predicted molar refractivity (Wildman–Crippen MR) is 116 cm³/mol. The molecule has 2 aromatic carbocycles. The molecule has 0 aliphatic heterocycles. The first-order chi connectivity index (χ1) is 13.2. The first kappa shape index (κ1) is 20.0. The molecule has 0 bridgehead atoms. The summed E-state index contributed by atoms with van der Waals surface area (Å²) in [5.41, 5.74) is 4.09. The van der Waals surface area contributed by atoms with Crippen LogP contribution in [0.15, 0.2) is 48.5 Å². The SMILES string of the molecule is CCCOc1ccc(-c2ccc(C3CCC(CC(C)CC)CC3)cc2)cc1. The van der Waals surface area contributed by atoms with E-state index in [1.807, 2.05) is 0 Å². The van der Waals surface area contributed by atoms with Crippen LogP contribution in [0.3, 0.4) is 0 Å². The van der Waals surface area contributed by atoms with E-state index in [4.69, 9.17) is 4.74 Å². The Hall–Kier alpha value is -1.76. The third-order valence-electron chi connectivity index (χ3n) is 6.32. The van der Waals surface area contributed by atoms with Crippen molar-refractivity contribution in [2.24, 2.45) is 11.8 Å². The number of hydrogen-bond donors (Lipinski definition) is 0. The molecule has 1 aliphatic rings. The molecule has 1 nitrogen and oxygen atoms in total. The second kappa shape index (κ2) is 9.97. The number of benzene rings is 2. The molecule has 1 unspecified atom stereocenters. The molecule has 1 atom stereocenters. The molecule has 27 heavy (non-hydrogen) atoms. The van der Waals surface area contributed by atoms with E-state index in [2.05, 4.69) is 69.3 Å². The van der Waals surface area contributed by atoms with E-state index in [1.165, 1.54) is 55.2 Å². The van der Waals surface area contributed by atoms with Gasteiger partial charge >= 0.3 is 0 Å². The van der Waals surface area contributed by atoms with Crippen molar-refractivity contribution in [3.8, 4) is 16.9 Å². The highest BCUT2D eigenvalue weighted by Crippen LogP contribution is 2.39. The summed E-state index contributed by atoms with van der Waals surface area (Å²) in [6.45, 7) is 7.65. The second-order valence-electron chi connectivity index (χ2n) is 8.46. The molecule has 0 aromatic heterocycles. The van der Waals surface area contributed by atoms with E-state index in [9.17, 15) is 0 Å². The molecule has 0 spiro atoms. The van der Waals surface area contributed by atoms with Crippen LogP contribution < -0.4 is 4.74 Å². The zero-order valence-corrected chi connectivity index (χ0v) is 17.4. The minimum absolute atomic E-state index is 0.761. The van der Waals surface area contributed by atoms with Crippen LogP contribution >= 0.6 is 0 Å². The Morgan fingerprint density at radius 2 is 1.44 bits per heavy atom. The van der Waals surface area contributed by atoms with Gasteiger partial charge in [-0.15, -0.1) is 0 Å². The Labute approximate surface area is 166 Å². The van der Waals surface area contributed by atoms with Crippen molar-refractivity contribution in [1.29, 1.82) is 0 Å². The van der Waals surface area contributed by atoms with Crippen LogP contribution in [0.5, 0.6) is 5.75 Å².